The summed E-state index contributed by atoms with van der Waals surface area (Å²) >= 11 is 0. The molecule has 1 saturated heterocycles. The molecule has 2 aromatic rings. The summed E-state index contributed by atoms with van der Waals surface area (Å²) in [6.45, 7) is 0.833. The van der Waals surface area contributed by atoms with E-state index in [4.69, 9.17) is 9.57 Å². The summed E-state index contributed by atoms with van der Waals surface area (Å²) in [4.78, 5) is 28.5. The Hall–Kier alpha value is -2.82. The van der Waals surface area contributed by atoms with Crippen molar-refractivity contribution in [2.24, 2.45) is 0 Å². The number of carbonyl (C=O) groups is 2. The Morgan fingerprint density at radius 1 is 1.05 bits per heavy atom. The molecule has 0 spiro atoms. The second-order valence-corrected chi connectivity index (χ2v) is 4.92. The highest BCUT2D eigenvalue weighted by Crippen LogP contribution is 2.18. The van der Waals surface area contributed by atoms with Gasteiger partial charge in [0.15, 0.2) is 5.75 Å². The molecule has 1 amide bonds. The smallest absolute Gasteiger partial charge is 0.338 e. The highest BCUT2D eigenvalue weighted by atomic mass is 16.7. The van der Waals surface area contributed by atoms with Crippen LogP contribution in [0.2, 0.25) is 0 Å². The molecule has 0 aliphatic carbocycles. The fourth-order valence-electron chi connectivity index (χ4n) is 1.98. The molecule has 2 aromatic carbocycles. The number of hydroxylamine groups is 2. The normalized spacial score (nSPS) is 13.5. The first-order valence-corrected chi connectivity index (χ1v) is 7.02. The molecule has 0 aromatic heterocycles. The third-order valence-electron chi connectivity index (χ3n) is 3.33. The molecule has 1 fully saturated rings. The van der Waals surface area contributed by atoms with E-state index < -0.39 is 5.97 Å². The Labute approximate surface area is 128 Å². The van der Waals surface area contributed by atoms with Gasteiger partial charge in [0.05, 0.1) is 18.5 Å². The van der Waals surface area contributed by atoms with Crippen LogP contribution in [0.3, 0.4) is 0 Å². The van der Waals surface area contributed by atoms with Crippen molar-refractivity contribution in [3.05, 3.63) is 65.7 Å². The molecule has 112 valence electrons. The molecule has 0 unspecified atom stereocenters. The number of carbonyl (C=O) groups excluding carboxylic acids is 2. The Morgan fingerprint density at radius 2 is 1.77 bits per heavy atom. The zero-order valence-electron chi connectivity index (χ0n) is 11.9. The maximum atomic E-state index is 11.9. The topological polar surface area (TPSA) is 55.8 Å². The van der Waals surface area contributed by atoms with E-state index in [-0.39, 0.29) is 12.5 Å². The number of amides is 1. The van der Waals surface area contributed by atoms with Gasteiger partial charge in [-0.3, -0.25) is 4.79 Å². The maximum Gasteiger partial charge on any atom is 0.338 e. The van der Waals surface area contributed by atoms with E-state index in [2.05, 4.69) is 0 Å². The third-order valence-corrected chi connectivity index (χ3v) is 3.33. The molecule has 1 heterocycles. The quantitative estimate of drug-likeness (QED) is 0.628. The SMILES string of the molecule is O=C(OCc1ccccc1)c1ccc(ON2CCC2=O)cc1. The molecule has 0 bridgehead atoms. The van der Waals surface area contributed by atoms with Crippen LogP contribution in [0.25, 0.3) is 0 Å². The monoisotopic (exact) mass is 297 g/mol. The largest absolute Gasteiger partial charge is 0.457 e. The average Bonchev–Trinajstić information content (AvgIpc) is 2.57. The van der Waals surface area contributed by atoms with Crippen molar-refractivity contribution in [3.8, 4) is 5.75 Å². The van der Waals surface area contributed by atoms with Gasteiger partial charge >= 0.3 is 5.97 Å². The summed E-state index contributed by atoms with van der Waals surface area (Å²) < 4.78 is 5.24. The molecule has 22 heavy (non-hydrogen) atoms. The van der Waals surface area contributed by atoms with Crippen LogP contribution < -0.4 is 4.84 Å². The maximum absolute atomic E-state index is 11.9. The molecule has 1 aliphatic rings. The minimum Gasteiger partial charge on any atom is -0.457 e. The van der Waals surface area contributed by atoms with E-state index >= 15 is 0 Å². The molecule has 0 radical (unpaired) electrons. The lowest BCUT2D eigenvalue weighted by Gasteiger charge is -2.29. The molecular formula is C17H15NO4. The molecule has 0 saturated carbocycles. The van der Waals surface area contributed by atoms with Crippen molar-refractivity contribution >= 4 is 11.9 Å². The minimum absolute atomic E-state index is 0.0358. The molecule has 0 atom stereocenters. The summed E-state index contributed by atoms with van der Waals surface area (Å²) in [5, 5.41) is 1.29. The van der Waals surface area contributed by atoms with E-state index in [1.165, 1.54) is 5.06 Å². The predicted molar refractivity (Wildman–Crippen MR) is 79.0 cm³/mol. The van der Waals surface area contributed by atoms with Crippen molar-refractivity contribution in [3.63, 3.8) is 0 Å². The van der Waals surface area contributed by atoms with Crippen LogP contribution in [-0.2, 0) is 16.1 Å². The van der Waals surface area contributed by atoms with Crippen LogP contribution in [-0.4, -0.2) is 23.5 Å². The van der Waals surface area contributed by atoms with Crippen molar-refractivity contribution in [2.75, 3.05) is 6.54 Å². The van der Waals surface area contributed by atoms with E-state index in [0.29, 0.717) is 24.3 Å². The lowest BCUT2D eigenvalue weighted by Crippen LogP contribution is -2.45. The summed E-state index contributed by atoms with van der Waals surface area (Å²) in [6, 6.07) is 16.0. The van der Waals surface area contributed by atoms with Crippen molar-refractivity contribution in [1.29, 1.82) is 0 Å². The number of ether oxygens (including phenoxy) is 1. The number of hydrogen-bond acceptors (Lipinski definition) is 4. The van der Waals surface area contributed by atoms with Gasteiger partial charge in [0, 0.05) is 0 Å². The molecule has 5 heteroatoms. The molecular weight excluding hydrogens is 282 g/mol. The van der Waals surface area contributed by atoms with E-state index in [1.54, 1.807) is 24.3 Å². The standard InChI is InChI=1S/C17H15NO4/c19-16-10-11-18(16)22-15-8-6-14(7-9-15)17(20)21-12-13-4-2-1-3-5-13/h1-9H,10-12H2. The predicted octanol–water partition coefficient (Wildman–Crippen LogP) is 2.57. The van der Waals surface area contributed by atoms with Gasteiger partial charge in [0.2, 0.25) is 0 Å². The van der Waals surface area contributed by atoms with Crippen LogP contribution in [0.4, 0.5) is 0 Å². The summed E-state index contributed by atoms with van der Waals surface area (Å²) in [6.07, 6.45) is 0.518. The van der Waals surface area contributed by atoms with Gasteiger partial charge in [-0.2, -0.15) is 5.06 Å². The summed E-state index contributed by atoms with van der Waals surface area (Å²) in [5.41, 5.74) is 1.38. The lowest BCUT2D eigenvalue weighted by molar-refractivity contribution is -0.174. The number of benzene rings is 2. The molecule has 0 N–H and O–H groups in total. The van der Waals surface area contributed by atoms with Crippen molar-refractivity contribution in [1.82, 2.24) is 5.06 Å². The Kier molecular flexibility index (Phi) is 4.05. The molecule has 1 aliphatic heterocycles. The van der Waals surface area contributed by atoms with Crippen LogP contribution in [0.5, 0.6) is 5.75 Å². The second kappa shape index (κ2) is 6.30. The molecule has 3 rings (SSSR count). The van der Waals surface area contributed by atoms with Crippen LogP contribution in [0.1, 0.15) is 22.3 Å². The highest BCUT2D eigenvalue weighted by molar-refractivity contribution is 5.89. The van der Waals surface area contributed by atoms with E-state index in [1.807, 2.05) is 30.3 Å². The Balaban J connectivity index is 1.55. The van der Waals surface area contributed by atoms with Gasteiger partial charge in [-0.1, -0.05) is 30.3 Å². The van der Waals surface area contributed by atoms with Crippen LogP contribution >= 0.6 is 0 Å². The first kappa shape index (κ1) is 14.1. The fraction of sp³-hybridized carbons (Fsp3) is 0.176. The van der Waals surface area contributed by atoms with E-state index in [9.17, 15) is 9.59 Å². The van der Waals surface area contributed by atoms with E-state index in [0.717, 1.165) is 5.56 Å². The Bertz CT molecular complexity index is 667. The van der Waals surface area contributed by atoms with Crippen LogP contribution in [0, 0.1) is 0 Å². The number of nitrogens with zero attached hydrogens (tertiary/aromatic N) is 1. The number of esters is 1. The van der Waals surface area contributed by atoms with Crippen molar-refractivity contribution in [2.45, 2.75) is 13.0 Å². The number of hydrogen-bond donors (Lipinski definition) is 0. The minimum atomic E-state index is -0.393. The zero-order chi connectivity index (χ0) is 15.4. The third kappa shape index (κ3) is 3.25. The van der Waals surface area contributed by atoms with Gasteiger partial charge in [0.25, 0.3) is 5.91 Å². The Morgan fingerprint density at radius 3 is 2.36 bits per heavy atom. The first-order chi connectivity index (χ1) is 10.7. The number of β-lactam (4-membered cyclic amide) rings is 1. The van der Waals surface area contributed by atoms with Gasteiger partial charge < -0.3 is 9.57 Å². The fourth-order valence-corrected chi connectivity index (χ4v) is 1.98. The summed E-state index contributed by atoms with van der Waals surface area (Å²) in [5.74, 6) is 0.0921. The van der Waals surface area contributed by atoms with Crippen molar-refractivity contribution < 1.29 is 19.2 Å². The van der Waals surface area contributed by atoms with Gasteiger partial charge in [-0.05, 0) is 29.8 Å². The lowest BCUT2D eigenvalue weighted by atomic mass is 10.2. The number of rotatable bonds is 5. The van der Waals surface area contributed by atoms with Crippen LogP contribution in [0.15, 0.2) is 54.6 Å². The van der Waals surface area contributed by atoms with Gasteiger partial charge in [-0.15, -0.1) is 0 Å². The summed E-state index contributed by atoms with van der Waals surface area (Å²) in [7, 11) is 0. The van der Waals surface area contributed by atoms with Gasteiger partial charge in [0.1, 0.15) is 6.61 Å². The second-order valence-electron chi connectivity index (χ2n) is 4.92. The average molecular weight is 297 g/mol. The molecule has 5 nitrogen and oxygen atoms in total. The first-order valence-electron chi connectivity index (χ1n) is 7.02. The van der Waals surface area contributed by atoms with Gasteiger partial charge in [-0.25, -0.2) is 4.79 Å². The zero-order valence-corrected chi connectivity index (χ0v) is 11.9. The highest BCUT2D eigenvalue weighted by Gasteiger charge is 2.25.